The summed E-state index contributed by atoms with van der Waals surface area (Å²) >= 11 is 3.11. The number of carboxylic acid groups (broad SMARTS) is 1. The largest absolute Gasteiger partial charge is 0.480 e. The monoisotopic (exact) mass is 359 g/mol. The van der Waals surface area contributed by atoms with E-state index in [1.54, 1.807) is 0 Å². The molecule has 1 aromatic carbocycles. The summed E-state index contributed by atoms with van der Waals surface area (Å²) in [5, 5.41) is 24.3. The van der Waals surface area contributed by atoms with E-state index in [9.17, 15) is 19.7 Å². The number of carbonyl (C=O) groups excluding carboxylic acids is 1. The second kappa shape index (κ2) is 7.58. The molecule has 21 heavy (non-hydrogen) atoms. The van der Waals surface area contributed by atoms with Crippen LogP contribution in [0.3, 0.4) is 0 Å². The number of hydrogen-bond acceptors (Lipinski definition) is 4. The van der Waals surface area contributed by atoms with E-state index in [-0.39, 0.29) is 5.69 Å². The highest BCUT2D eigenvalue weighted by Gasteiger charge is 2.19. The van der Waals surface area contributed by atoms with Crippen LogP contribution in [0.1, 0.15) is 19.8 Å². The number of carboxylic acids is 1. The molecule has 0 spiro atoms. The number of halogens is 1. The van der Waals surface area contributed by atoms with Gasteiger partial charge in [0.05, 0.1) is 10.6 Å². The number of carbonyl (C=O) groups is 2. The number of nitrogens with zero attached hydrogens (tertiary/aromatic N) is 1. The van der Waals surface area contributed by atoms with Gasteiger partial charge in [0.25, 0.3) is 5.69 Å². The van der Waals surface area contributed by atoms with Crippen LogP contribution in [0.4, 0.5) is 16.2 Å². The molecule has 0 bridgehead atoms. The van der Waals surface area contributed by atoms with Crippen molar-refractivity contribution in [3.05, 3.63) is 32.8 Å². The summed E-state index contributed by atoms with van der Waals surface area (Å²) in [6, 6.07) is 2.17. The topological polar surface area (TPSA) is 122 Å². The molecule has 0 heterocycles. The molecule has 0 aliphatic carbocycles. The van der Waals surface area contributed by atoms with E-state index in [1.165, 1.54) is 18.2 Å². The van der Waals surface area contributed by atoms with Gasteiger partial charge >= 0.3 is 12.0 Å². The average molecular weight is 360 g/mol. The SMILES string of the molecule is CCCC(NC(=O)Nc1ccc([N+](=O)[O-])cc1Br)C(=O)O. The van der Waals surface area contributed by atoms with Gasteiger partial charge in [0.1, 0.15) is 6.04 Å². The van der Waals surface area contributed by atoms with Gasteiger partial charge in [-0.25, -0.2) is 9.59 Å². The number of benzene rings is 1. The summed E-state index contributed by atoms with van der Waals surface area (Å²) < 4.78 is 0.328. The molecule has 1 rings (SSSR count). The van der Waals surface area contributed by atoms with Crippen LogP contribution in [0.25, 0.3) is 0 Å². The summed E-state index contributed by atoms with van der Waals surface area (Å²) in [7, 11) is 0. The molecule has 9 heteroatoms. The van der Waals surface area contributed by atoms with E-state index in [1.807, 2.05) is 6.92 Å². The number of amides is 2. The smallest absolute Gasteiger partial charge is 0.326 e. The number of aliphatic carboxylic acids is 1. The number of nitro benzene ring substituents is 1. The minimum absolute atomic E-state index is 0.123. The van der Waals surface area contributed by atoms with Gasteiger partial charge in [0, 0.05) is 16.6 Å². The van der Waals surface area contributed by atoms with Crippen LogP contribution in [0, 0.1) is 10.1 Å². The van der Waals surface area contributed by atoms with Crippen molar-refractivity contribution < 1.29 is 19.6 Å². The molecule has 0 aliphatic rings. The Kier molecular flexibility index (Phi) is 6.10. The number of rotatable bonds is 6. The van der Waals surface area contributed by atoms with Gasteiger partial charge in [-0.05, 0) is 28.4 Å². The summed E-state index contributed by atoms with van der Waals surface area (Å²) in [4.78, 5) is 32.7. The van der Waals surface area contributed by atoms with Crippen molar-refractivity contribution in [3.63, 3.8) is 0 Å². The lowest BCUT2D eigenvalue weighted by Gasteiger charge is -2.14. The molecule has 114 valence electrons. The van der Waals surface area contributed by atoms with E-state index < -0.39 is 23.0 Å². The Balaban J connectivity index is 2.74. The van der Waals surface area contributed by atoms with E-state index in [2.05, 4.69) is 26.6 Å². The predicted molar refractivity (Wildman–Crippen MR) is 79.3 cm³/mol. The zero-order valence-corrected chi connectivity index (χ0v) is 12.7. The van der Waals surface area contributed by atoms with Crippen molar-refractivity contribution >= 4 is 39.3 Å². The van der Waals surface area contributed by atoms with Crippen LogP contribution in [0.5, 0.6) is 0 Å². The molecule has 0 fully saturated rings. The van der Waals surface area contributed by atoms with Crippen LogP contribution in [0.2, 0.25) is 0 Å². The first-order valence-electron chi connectivity index (χ1n) is 6.09. The second-order valence-electron chi connectivity index (χ2n) is 4.20. The normalized spacial score (nSPS) is 11.5. The van der Waals surface area contributed by atoms with Crippen molar-refractivity contribution in [2.24, 2.45) is 0 Å². The summed E-state index contributed by atoms with van der Waals surface area (Å²) in [6.45, 7) is 1.81. The third-order valence-corrected chi connectivity index (χ3v) is 3.25. The van der Waals surface area contributed by atoms with Gasteiger partial charge in [0.2, 0.25) is 0 Å². The molecular formula is C12H14BrN3O5. The van der Waals surface area contributed by atoms with Crippen LogP contribution in [0.15, 0.2) is 22.7 Å². The van der Waals surface area contributed by atoms with Gasteiger partial charge < -0.3 is 15.7 Å². The molecule has 0 saturated heterocycles. The van der Waals surface area contributed by atoms with Crippen molar-refractivity contribution in [1.82, 2.24) is 5.32 Å². The van der Waals surface area contributed by atoms with Crippen LogP contribution in [-0.4, -0.2) is 28.1 Å². The maximum Gasteiger partial charge on any atom is 0.326 e. The van der Waals surface area contributed by atoms with E-state index >= 15 is 0 Å². The number of non-ortho nitro benzene ring substituents is 1. The molecule has 0 saturated carbocycles. The Morgan fingerprint density at radius 1 is 1.48 bits per heavy atom. The number of anilines is 1. The van der Waals surface area contributed by atoms with Gasteiger partial charge in [-0.3, -0.25) is 10.1 Å². The summed E-state index contributed by atoms with van der Waals surface area (Å²) in [6.07, 6.45) is 0.919. The van der Waals surface area contributed by atoms with E-state index in [4.69, 9.17) is 5.11 Å². The van der Waals surface area contributed by atoms with E-state index in [0.29, 0.717) is 23.0 Å². The molecule has 1 aromatic rings. The fourth-order valence-corrected chi connectivity index (χ4v) is 2.05. The molecule has 0 radical (unpaired) electrons. The van der Waals surface area contributed by atoms with Crippen LogP contribution in [-0.2, 0) is 4.79 Å². The quantitative estimate of drug-likeness (QED) is 0.532. The average Bonchev–Trinajstić information content (AvgIpc) is 2.40. The lowest BCUT2D eigenvalue weighted by atomic mass is 10.2. The highest BCUT2D eigenvalue weighted by molar-refractivity contribution is 9.10. The van der Waals surface area contributed by atoms with Gasteiger partial charge in [-0.15, -0.1) is 0 Å². The summed E-state index contributed by atoms with van der Waals surface area (Å²) in [5.74, 6) is -1.12. The molecular weight excluding hydrogens is 346 g/mol. The highest BCUT2D eigenvalue weighted by atomic mass is 79.9. The number of hydrogen-bond donors (Lipinski definition) is 3. The second-order valence-corrected chi connectivity index (χ2v) is 5.05. The molecule has 0 aliphatic heterocycles. The number of urea groups is 1. The Bertz CT molecular complexity index is 564. The molecule has 8 nitrogen and oxygen atoms in total. The molecule has 2 amide bonds. The van der Waals surface area contributed by atoms with Crippen molar-refractivity contribution in [2.45, 2.75) is 25.8 Å². The first-order valence-corrected chi connectivity index (χ1v) is 6.88. The maximum atomic E-state index is 11.7. The Labute approximate surface area is 128 Å². The predicted octanol–water partition coefficient (Wildman–Crippen LogP) is 2.73. The Hall–Kier alpha value is -2.16. The minimum Gasteiger partial charge on any atom is -0.480 e. The third-order valence-electron chi connectivity index (χ3n) is 2.59. The zero-order valence-electron chi connectivity index (χ0n) is 11.1. The maximum absolute atomic E-state index is 11.7. The van der Waals surface area contributed by atoms with Crippen molar-refractivity contribution in [1.29, 1.82) is 0 Å². The minimum atomic E-state index is -1.12. The van der Waals surface area contributed by atoms with Crippen molar-refractivity contribution in [2.75, 3.05) is 5.32 Å². The number of nitro groups is 1. The molecule has 3 N–H and O–H groups in total. The number of nitrogens with one attached hydrogen (secondary N) is 2. The fourth-order valence-electron chi connectivity index (χ4n) is 1.58. The standard InChI is InChI=1S/C12H14BrN3O5/c1-2-3-10(11(17)18)15-12(19)14-9-5-4-7(16(20)21)6-8(9)13/h4-6,10H,2-3H2,1H3,(H,17,18)(H2,14,15,19). The van der Waals surface area contributed by atoms with Crippen LogP contribution >= 0.6 is 15.9 Å². The lowest BCUT2D eigenvalue weighted by molar-refractivity contribution is -0.384. The lowest BCUT2D eigenvalue weighted by Crippen LogP contribution is -2.42. The van der Waals surface area contributed by atoms with Crippen molar-refractivity contribution in [3.8, 4) is 0 Å². The molecule has 1 unspecified atom stereocenters. The fraction of sp³-hybridized carbons (Fsp3) is 0.333. The van der Waals surface area contributed by atoms with Gasteiger partial charge in [-0.1, -0.05) is 13.3 Å². The van der Waals surface area contributed by atoms with Gasteiger partial charge in [-0.2, -0.15) is 0 Å². The first kappa shape index (κ1) is 16.9. The Morgan fingerprint density at radius 2 is 2.14 bits per heavy atom. The Morgan fingerprint density at radius 3 is 2.62 bits per heavy atom. The summed E-state index contributed by atoms with van der Waals surface area (Å²) in [5.41, 5.74) is 0.181. The molecule has 0 aromatic heterocycles. The first-order chi connectivity index (χ1) is 9.85. The van der Waals surface area contributed by atoms with Gasteiger partial charge in [0.15, 0.2) is 0 Å². The zero-order chi connectivity index (χ0) is 16.0. The van der Waals surface area contributed by atoms with E-state index in [0.717, 1.165) is 0 Å². The van der Waals surface area contributed by atoms with Crippen LogP contribution < -0.4 is 10.6 Å². The molecule has 1 atom stereocenters. The highest BCUT2D eigenvalue weighted by Crippen LogP contribution is 2.26. The third kappa shape index (κ3) is 5.03.